The summed E-state index contributed by atoms with van der Waals surface area (Å²) in [4.78, 5) is 0. The van der Waals surface area contributed by atoms with Gasteiger partial charge in [0.25, 0.3) is 0 Å². The monoisotopic (exact) mass is 117 g/mol. The Bertz CT molecular complexity index is 85.7. The maximum absolute atomic E-state index is 8.07. The molecule has 0 amide bonds. The van der Waals surface area contributed by atoms with Gasteiger partial charge in [-0.2, -0.15) is 11.8 Å². The molecule has 0 aromatic heterocycles. The van der Waals surface area contributed by atoms with Gasteiger partial charge in [0, 0.05) is 17.7 Å². The molecule has 0 aliphatic carbocycles. The van der Waals surface area contributed by atoms with Crippen molar-refractivity contribution >= 4 is 11.8 Å². The fraction of sp³-hybridized carbons (Fsp3) is 0.500. The third-order valence-corrected chi connectivity index (χ3v) is 1.99. The van der Waals surface area contributed by atoms with Gasteiger partial charge in [0.2, 0.25) is 0 Å². The van der Waals surface area contributed by atoms with Crippen LogP contribution in [0.4, 0.5) is 0 Å². The van der Waals surface area contributed by atoms with E-state index in [0.717, 1.165) is 11.5 Å². The smallest absolute Gasteiger partial charge is 0.0249 e. The number of hydrogen-bond donors (Lipinski definition) is 2. The predicted molar refractivity (Wildman–Crippen MR) is 30.3 cm³/mol. The predicted octanol–water partition coefficient (Wildman–Crippen LogP) is 0.596. The van der Waals surface area contributed by atoms with E-state index < -0.39 is 0 Å². The van der Waals surface area contributed by atoms with Crippen LogP contribution in [-0.2, 0) is 0 Å². The van der Waals surface area contributed by atoms with E-state index >= 15 is 0 Å². The molecular formula is C4H7NOS. The van der Waals surface area contributed by atoms with Gasteiger partial charge in [-0.25, -0.2) is 0 Å². The van der Waals surface area contributed by atoms with Crippen molar-refractivity contribution in [3.8, 4) is 0 Å². The number of thioether (sulfide) groups is 1. The minimum Gasteiger partial charge on any atom is -0.292 e. The molecule has 0 aromatic carbocycles. The molecule has 0 aromatic rings. The fourth-order valence-corrected chi connectivity index (χ4v) is 1.00. The fourth-order valence-electron chi connectivity index (χ4n) is 0.395. The molecule has 1 aliphatic rings. The number of hydrogen-bond acceptors (Lipinski definition) is 3. The molecule has 0 saturated carbocycles. The Kier molecular flexibility index (Phi) is 1.59. The van der Waals surface area contributed by atoms with Gasteiger partial charge >= 0.3 is 0 Å². The van der Waals surface area contributed by atoms with Crippen LogP contribution in [0, 0.1) is 0 Å². The SMILES string of the molecule is ONC=C1CSC1. The Morgan fingerprint density at radius 3 is 2.57 bits per heavy atom. The number of hydroxylamine groups is 1. The summed E-state index contributed by atoms with van der Waals surface area (Å²) in [7, 11) is 0. The zero-order valence-corrected chi connectivity index (χ0v) is 4.66. The molecule has 1 rings (SSSR count). The lowest BCUT2D eigenvalue weighted by molar-refractivity contribution is 0.213. The lowest BCUT2D eigenvalue weighted by Crippen LogP contribution is -2.08. The largest absolute Gasteiger partial charge is 0.292 e. The Labute approximate surface area is 46.6 Å². The van der Waals surface area contributed by atoms with Crippen molar-refractivity contribution in [3.05, 3.63) is 11.8 Å². The minimum atomic E-state index is 1.08. The van der Waals surface area contributed by atoms with Crippen molar-refractivity contribution in [2.75, 3.05) is 11.5 Å². The van der Waals surface area contributed by atoms with Crippen LogP contribution < -0.4 is 5.48 Å². The molecule has 2 N–H and O–H groups in total. The lowest BCUT2D eigenvalue weighted by atomic mass is 10.4. The molecule has 2 nitrogen and oxygen atoms in total. The molecule has 40 valence electrons. The van der Waals surface area contributed by atoms with Gasteiger partial charge in [-0.3, -0.25) is 10.7 Å². The van der Waals surface area contributed by atoms with Crippen molar-refractivity contribution in [3.63, 3.8) is 0 Å². The van der Waals surface area contributed by atoms with Crippen LogP contribution in [0.15, 0.2) is 11.8 Å². The summed E-state index contributed by atoms with van der Waals surface area (Å²) in [6.45, 7) is 0. The van der Waals surface area contributed by atoms with Crippen LogP contribution >= 0.6 is 11.8 Å². The summed E-state index contributed by atoms with van der Waals surface area (Å²) in [5, 5.41) is 8.07. The van der Waals surface area contributed by atoms with Crippen LogP contribution in [0.2, 0.25) is 0 Å². The first-order valence-corrected chi connectivity index (χ1v) is 3.24. The molecule has 7 heavy (non-hydrogen) atoms. The molecule has 3 heteroatoms. The molecule has 0 atom stereocenters. The molecule has 0 bridgehead atoms. The molecular weight excluding hydrogens is 110 g/mol. The van der Waals surface area contributed by atoms with Crippen LogP contribution in [0.1, 0.15) is 0 Å². The lowest BCUT2D eigenvalue weighted by Gasteiger charge is -2.13. The van der Waals surface area contributed by atoms with Gasteiger partial charge < -0.3 is 0 Å². The molecule has 1 aliphatic heterocycles. The van der Waals surface area contributed by atoms with E-state index in [4.69, 9.17) is 5.21 Å². The second-order valence-corrected chi connectivity index (χ2v) is 2.41. The molecule has 0 radical (unpaired) electrons. The summed E-state index contributed by atoms with van der Waals surface area (Å²) >= 11 is 1.87. The highest BCUT2D eigenvalue weighted by molar-refractivity contribution is 8.01. The van der Waals surface area contributed by atoms with E-state index in [2.05, 4.69) is 0 Å². The van der Waals surface area contributed by atoms with E-state index in [9.17, 15) is 0 Å². The standard InChI is InChI=1S/C4H7NOS/c6-5-1-4-2-7-3-4/h1,5-6H,2-3H2. The van der Waals surface area contributed by atoms with E-state index in [-0.39, 0.29) is 0 Å². The zero-order valence-electron chi connectivity index (χ0n) is 3.85. The first-order chi connectivity index (χ1) is 3.43. The van der Waals surface area contributed by atoms with Gasteiger partial charge in [0.05, 0.1) is 0 Å². The van der Waals surface area contributed by atoms with Gasteiger partial charge in [-0.15, -0.1) is 0 Å². The Morgan fingerprint density at radius 1 is 1.71 bits per heavy atom. The van der Waals surface area contributed by atoms with Crippen LogP contribution in [0.25, 0.3) is 0 Å². The second-order valence-electron chi connectivity index (χ2n) is 1.42. The summed E-state index contributed by atoms with van der Waals surface area (Å²) in [6.07, 6.45) is 1.64. The van der Waals surface area contributed by atoms with Crippen molar-refractivity contribution < 1.29 is 5.21 Å². The molecule has 0 spiro atoms. The van der Waals surface area contributed by atoms with Gasteiger partial charge in [0.1, 0.15) is 0 Å². The Hall–Kier alpha value is -0.150. The van der Waals surface area contributed by atoms with Gasteiger partial charge in [-0.05, 0) is 5.57 Å². The minimum absolute atomic E-state index is 1.08. The first kappa shape index (κ1) is 5.00. The number of nitrogens with one attached hydrogen (secondary N) is 1. The van der Waals surface area contributed by atoms with Crippen LogP contribution in [-0.4, -0.2) is 16.7 Å². The van der Waals surface area contributed by atoms with Crippen LogP contribution in [0.3, 0.4) is 0 Å². The van der Waals surface area contributed by atoms with Gasteiger partial charge in [0.15, 0.2) is 0 Å². The maximum Gasteiger partial charge on any atom is 0.0249 e. The topological polar surface area (TPSA) is 32.3 Å². The Balaban J connectivity index is 2.23. The highest BCUT2D eigenvalue weighted by atomic mass is 32.2. The maximum atomic E-state index is 8.07. The highest BCUT2D eigenvalue weighted by Crippen LogP contribution is 2.22. The highest BCUT2D eigenvalue weighted by Gasteiger charge is 2.06. The van der Waals surface area contributed by atoms with Crippen molar-refractivity contribution in [2.45, 2.75) is 0 Å². The molecule has 1 heterocycles. The first-order valence-electron chi connectivity index (χ1n) is 2.09. The normalized spacial score (nSPS) is 18.1. The summed E-state index contributed by atoms with van der Waals surface area (Å²) in [6, 6.07) is 0. The summed E-state index contributed by atoms with van der Waals surface area (Å²) < 4.78 is 0. The second kappa shape index (κ2) is 2.23. The third-order valence-electron chi connectivity index (χ3n) is 0.844. The Morgan fingerprint density at radius 2 is 2.43 bits per heavy atom. The molecule has 0 unspecified atom stereocenters. The summed E-state index contributed by atoms with van der Waals surface area (Å²) in [5.74, 6) is 2.15. The van der Waals surface area contributed by atoms with E-state index in [0.29, 0.717) is 0 Å². The van der Waals surface area contributed by atoms with E-state index in [1.807, 2.05) is 17.2 Å². The van der Waals surface area contributed by atoms with Crippen LogP contribution in [0.5, 0.6) is 0 Å². The van der Waals surface area contributed by atoms with Gasteiger partial charge in [-0.1, -0.05) is 0 Å². The third kappa shape index (κ3) is 1.11. The molecule has 1 fully saturated rings. The van der Waals surface area contributed by atoms with Crippen molar-refractivity contribution in [2.24, 2.45) is 0 Å². The molecule has 1 saturated heterocycles. The quantitative estimate of drug-likeness (QED) is 0.493. The van der Waals surface area contributed by atoms with Crippen molar-refractivity contribution in [1.82, 2.24) is 5.48 Å². The van der Waals surface area contributed by atoms with Crippen molar-refractivity contribution in [1.29, 1.82) is 0 Å². The zero-order chi connectivity index (χ0) is 5.11. The average molecular weight is 117 g/mol. The summed E-state index contributed by atoms with van der Waals surface area (Å²) in [5.41, 5.74) is 3.28. The number of rotatable bonds is 1. The average Bonchev–Trinajstić information content (AvgIpc) is 1.55. The van der Waals surface area contributed by atoms with E-state index in [1.165, 1.54) is 5.57 Å². The van der Waals surface area contributed by atoms with E-state index in [1.54, 1.807) is 6.20 Å².